The van der Waals surface area contributed by atoms with Crippen LogP contribution in [0.2, 0.25) is 10.0 Å². The number of nitrogens with zero attached hydrogens (tertiary/aromatic N) is 3. The van der Waals surface area contributed by atoms with E-state index in [2.05, 4.69) is 26.1 Å². The van der Waals surface area contributed by atoms with E-state index < -0.39 is 21.8 Å². The van der Waals surface area contributed by atoms with Crippen molar-refractivity contribution in [3.63, 3.8) is 0 Å². The molecular formula is C29H33Cl2N7O5S. The Morgan fingerprint density at radius 2 is 1.70 bits per heavy atom. The standard InChI is InChI=1S/C29H33Cl2N7O5S/c1-18-26(34-28(40)25-22(30)9-5-10-23(25)31)27(36-35-18)29(41)33-19-12-15-38(16-13-19)44(42,43)21-8-4-7-20(17-21)32-24(39)11-6-14-37(2)3/h4-11,17,19H,12-16H2,1-3H3,(H,32,39)(H,33,41)(H,34,40)(H,35,36)/b11-6+. The number of carbonyl (C=O) groups is 3. The van der Waals surface area contributed by atoms with E-state index in [1.54, 1.807) is 31.2 Å². The molecule has 0 bridgehead atoms. The van der Waals surface area contributed by atoms with Crippen molar-refractivity contribution in [2.45, 2.75) is 30.7 Å². The molecular weight excluding hydrogens is 629 g/mol. The van der Waals surface area contributed by atoms with Crippen molar-refractivity contribution in [3.05, 3.63) is 81.6 Å². The Kier molecular flexibility index (Phi) is 10.8. The van der Waals surface area contributed by atoms with E-state index in [0.29, 0.717) is 30.8 Å². The summed E-state index contributed by atoms with van der Waals surface area (Å²) in [6.07, 6.45) is 3.83. The number of likely N-dealkylation sites (N-methyl/N-ethyl adjacent to an activating group) is 1. The van der Waals surface area contributed by atoms with Gasteiger partial charge < -0.3 is 20.9 Å². The minimum absolute atomic E-state index is 0.0236. The maximum absolute atomic E-state index is 13.4. The van der Waals surface area contributed by atoms with E-state index in [9.17, 15) is 22.8 Å². The second-order valence-electron chi connectivity index (χ2n) is 10.5. The first-order chi connectivity index (χ1) is 20.9. The normalized spacial score (nSPS) is 14.6. The molecule has 4 N–H and O–H groups in total. The van der Waals surface area contributed by atoms with Gasteiger partial charge in [-0.3, -0.25) is 19.5 Å². The van der Waals surface area contributed by atoms with Gasteiger partial charge in [-0.05, 0) is 64.2 Å². The molecule has 0 saturated carbocycles. The Morgan fingerprint density at radius 3 is 2.36 bits per heavy atom. The van der Waals surface area contributed by atoms with E-state index in [-0.39, 0.29) is 56.9 Å². The van der Waals surface area contributed by atoms with Crippen LogP contribution in [-0.4, -0.2) is 85.3 Å². The molecule has 3 aromatic rings. The number of benzene rings is 2. The average Bonchev–Trinajstić information content (AvgIpc) is 3.33. The summed E-state index contributed by atoms with van der Waals surface area (Å²) in [4.78, 5) is 40.2. The molecule has 0 unspecified atom stereocenters. The lowest BCUT2D eigenvalue weighted by molar-refractivity contribution is -0.111. The predicted molar refractivity (Wildman–Crippen MR) is 170 cm³/mol. The van der Waals surface area contributed by atoms with Crippen LogP contribution in [0.25, 0.3) is 0 Å². The van der Waals surface area contributed by atoms with Crippen molar-refractivity contribution < 1.29 is 22.8 Å². The van der Waals surface area contributed by atoms with E-state index in [1.807, 2.05) is 19.0 Å². The van der Waals surface area contributed by atoms with Gasteiger partial charge in [-0.1, -0.05) is 41.4 Å². The Balaban J connectivity index is 1.36. The van der Waals surface area contributed by atoms with Crippen LogP contribution >= 0.6 is 23.2 Å². The van der Waals surface area contributed by atoms with Gasteiger partial charge in [0, 0.05) is 37.4 Å². The number of nitrogens with one attached hydrogen (secondary N) is 4. The highest BCUT2D eigenvalue weighted by Gasteiger charge is 2.31. The fraction of sp³-hybridized carbons (Fsp3) is 0.310. The number of hydrogen-bond donors (Lipinski definition) is 4. The largest absolute Gasteiger partial charge is 0.348 e. The van der Waals surface area contributed by atoms with Crippen molar-refractivity contribution in [2.24, 2.45) is 0 Å². The third-order valence-corrected chi connectivity index (χ3v) is 9.38. The quantitative estimate of drug-likeness (QED) is 0.240. The Hall–Kier alpha value is -3.75. The number of anilines is 2. The maximum atomic E-state index is 13.4. The van der Waals surface area contributed by atoms with Gasteiger partial charge in [-0.15, -0.1) is 0 Å². The second-order valence-corrected chi connectivity index (χ2v) is 13.2. The second kappa shape index (κ2) is 14.4. The zero-order valence-corrected chi connectivity index (χ0v) is 26.7. The Labute approximate surface area is 265 Å². The first-order valence-corrected chi connectivity index (χ1v) is 15.9. The number of piperidine rings is 1. The number of H-pyrrole nitrogens is 1. The maximum Gasteiger partial charge on any atom is 0.274 e. The van der Waals surface area contributed by atoms with Crippen LogP contribution in [0, 0.1) is 6.92 Å². The SMILES string of the molecule is Cc1[nH]nc(C(=O)NC2CCN(S(=O)(=O)c3cccc(NC(=O)/C=C/CN(C)C)c3)CC2)c1NC(=O)c1c(Cl)cccc1Cl. The van der Waals surface area contributed by atoms with Gasteiger partial charge in [0.1, 0.15) is 0 Å². The number of sulfonamides is 1. The lowest BCUT2D eigenvalue weighted by Gasteiger charge is -2.31. The highest BCUT2D eigenvalue weighted by atomic mass is 35.5. The molecule has 1 aliphatic rings. The number of aryl methyl sites for hydroxylation is 1. The molecule has 12 nitrogen and oxygen atoms in total. The van der Waals surface area contributed by atoms with Crippen LogP contribution in [0.3, 0.4) is 0 Å². The average molecular weight is 663 g/mol. The molecule has 44 heavy (non-hydrogen) atoms. The molecule has 0 spiro atoms. The number of rotatable bonds is 10. The van der Waals surface area contributed by atoms with Crippen LogP contribution < -0.4 is 16.0 Å². The zero-order valence-electron chi connectivity index (χ0n) is 24.4. The summed E-state index contributed by atoms with van der Waals surface area (Å²) in [5, 5.41) is 15.3. The van der Waals surface area contributed by atoms with Gasteiger partial charge in [0.25, 0.3) is 11.8 Å². The third-order valence-electron chi connectivity index (χ3n) is 6.86. The number of halogens is 2. The summed E-state index contributed by atoms with van der Waals surface area (Å²) in [7, 11) is -0.0828. The van der Waals surface area contributed by atoms with E-state index in [0.717, 1.165) is 0 Å². The number of aromatic amines is 1. The summed E-state index contributed by atoms with van der Waals surface area (Å²) in [6.45, 7) is 2.59. The van der Waals surface area contributed by atoms with Gasteiger partial charge in [0.2, 0.25) is 15.9 Å². The smallest absolute Gasteiger partial charge is 0.274 e. The molecule has 234 valence electrons. The van der Waals surface area contributed by atoms with Crippen LogP contribution in [-0.2, 0) is 14.8 Å². The molecule has 0 atom stereocenters. The van der Waals surface area contributed by atoms with E-state index in [4.69, 9.17) is 23.2 Å². The van der Waals surface area contributed by atoms with Gasteiger partial charge in [0.05, 0.1) is 31.9 Å². The summed E-state index contributed by atoms with van der Waals surface area (Å²) in [5.41, 5.74) is 1.05. The molecule has 1 aliphatic heterocycles. The van der Waals surface area contributed by atoms with Crippen molar-refractivity contribution in [1.29, 1.82) is 0 Å². The van der Waals surface area contributed by atoms with Gasteiger partial charge >= 0.3 is 0 Å². The number of carbonyl (C=O) groups excluding carboxylic acids is 3. The summed E-state index contributed by atoms with van der Waals surface area (Å²) >= 11 is 12.3. The lowest BCUT2D eigenvalue weighted by atomic mass is 10.1. The molecule has 0 radical (unpaired) electrons. The van der Waals surface area contributed by atoms with Crippen LogP contribution in [0.4, 0.5) is 11.4 Å². The highest BCUT2D eigenvalue weighted by Crippen LogP contribution is 2.27. The highest BCUT2D eigenvalue weighted by molar-refractivity contribution is 7.89. The topological polar surface area (TPSA) is 157 Å². The monoisotopic (exact) mass is 661 g/mol. The Morgan fingerprint density at radius 1 is 1.05 bits per heavy atom. The minimum Gasteiger partial charge on any atom is -0.348 e. The first-order valence-electron chi connectivity index (χ1n) is 13.7. The number of amides is 3. The first kappa shape index (κ1) is 33.1. The molecule has 1 aromatic heterocycles. The molecule has 1 saturated heterocycles. The number of hydrogen-bond acceptors (Lipinski definition) is 7. The van der Waals surface area contributed by atoms with E-state index >= 15 is 0 Å². The van der Waals surface area contributed by atoms with Crippen LogP contribution in [0.15, 0.2) is 59.5 Å². The minimum atomic E-state index is -3.84. The molecule has 3 amide bonds. The molecule has 2 heterocycles. The molecule has 1 fully saturated rings. The van der Waals surface area contributed by atoms with Crippen LogP contribution in [0.1, 0.15) is 39.4 Å². The van der Waals surface area contributed by atoms with Crippen molar-refractivity contribution >= 4 is 62.3 Å². The zero-order chi connectivity index (χ0) is 32.0. The van der Waals surface area contributed by atoms with Crippen molar-refractivity contribution in [2.75, 3.05) is 44.4 Å². The van der Waals surface area contributed by atoms with Crippen molar-refractivity contribution in [3.8, 4) is 0 Å². The Bertz CT molecular complexity index is 1660. The van der Waals surface area contributed by atoms with Crippen LogP contribution in [0.5, 0.6) is 0 Å². The van der Waals surface area contributed by atoms with E-state index in [1.165, 1.54) is 34.6 Å². The van der Waals surface area contributed by atoms with Gasteiger partial charge in [-0.2, -0.15) is 9.40 Å². The third kappa shape index (κ3) is 8.04. The fourth-order valence-electron chi connectivity index (χ4n) is 4.57. The molecule has 4 rings (SSSR count). The fourth-order valence-corrected chi connectivity index (χ4v) is 6.65. The van der Waals surface area contributed by atoms with Gasteiger partial charge in [-0.25, -0.2) is 8.42 Å². The summed E-state index contributed by atoms with van der Waals surface area (Å²) < 4.78 is 28.1. The summed E-state index contributed by atoms with van der Waals surface area (Å²) in [6, 6.07) is 10.4. The molecule has 15 heteroatoms. The predicted octanol–water partition coefficient (Wildman–Crippen LogP) is 3.92. The van der Waals surface area contributed by atoms with Crippen molar-refractivity contribution in [1.82, 2.24) is 24.7 Å². The molecule has 0 aliphatic carbocycles. The lowest BCUT2D eigenvalue weighted by Crippen LogP contribution is -2.46. The number of aromatic nitrogens is 2. The van der Waals surface area contributed by atoms with Gasteiger partial charge in [0.15, 0.2) is 5.69 Å². The summed E-state index contributed by atoms with van der Waals surface area (Å²) in [5.74, 6) is -1.48. The molecule has 2 aromatic carbocycles.